The molecular formula is C44H50Cl2N6O6. The molecule has 8 rings (SSSR count). The molecule has 0 N–H and O–H groups in total. The second-order valence-corrected chi connectivity index (χ2v) is 17.1. The van der Waals surface area contributed by atoms with Crippen LogP contribution in [0.15, 0.2) is 60.8 Å². The van der Waals surface area contributed by atoms with Crippen LogP contribution in [-0.2, 0) is 32.2 Å². The largest absolute Gasteiger partial charge is 0.496 e. The van der Waals surface area contributed by atoms with Gasteiger partial charge in [0.15, 0.2) is 0 Å². The summed E-state index contributed by atoms with van der Waals surface area (Å²) in [6.45, 7) is 9.40. The van der Waals surface area contributed by atoms with E-state index in [1.54, 1.807) is 34.6 Å². The number of aromatic nitrogens is 2. The molecule has 306 valence electrons. The Balaban J connectivity index is 0.925. The van der Waals surface area contributed by atoms with Gasteiger partial charge in [-0.25, -0.2) is 4.98 Å². The molecule has 12 nitrogen and oxygen atoms in total. The number of hydrogen-bond donors (Lipinski definition) is 0. The van der Waals surface area contributed by atoms with Gasteiger partial charge in [-0.3, -0.25) is 24.4 Å². The molecule has 4 aromatic rings. The predicted octanol–water partition coefficient (Wildman–Crippen LogP) is 6.16. The Morgan fingerprint density at radius 1 is 0.672 bits per heavy atom. The maximum absolute atomic E-state index is 12.3. The van der Waals surface area contributed by atoms with Gasteiger partial charge in [0.05, 0.1) is 61.7 Å². The number of ether oxygens (including phenoxy) is 4. The number of carbonyl (C=O) groups is 2. The summed E-state index contributed by atoms with van der Waals surface area (Å²) in [5.41, 5.74) is 6.91. The number of carbonyl (C=O) groups excluding carboxylic acids is 2. The summed E-state index contributed by atoms with van der Waals surface area (Å²) in [6, 6.07) is 17.9. The zero-order valence-electron chi connectivity index (χ0n) is 33.6. The first-order valence-corrected chi connectivity index (χ1v) is 20.5. The van der Waals surface area contributed by atoms with Gasteiger partial charge in [-0.05, 0) is 18.2 Å². The van der Waals surface area contributed by atoms with E-state index in [0.717, 1.165) is 98.0 Å². The van der Waals surface area contributed by atoms with Crippen LogP contribution in [0.2, 0.25) is 10.0 Å². The van der Waals surface area contributed by atoms with Crippen LogP contribution in [0.4, 0.5) is 0 Å². The molecule has 2 aromatic heterocycles. The van der Waals surface area contributed by atoms with Crippen LogP contribution in [0.1, 0.15) is 24.0 Å². The number of likely N-dealkylation sites (tertiary alicyclic amines) is 4. The number of hydrogen-bond acceptors (Lipinski definition) is 10. The molecule has 4 aliphatic rings. The summed E-state index contributed by atoms with van der Waals surface area (Å²) in [6.07, 6.45) is 2.62. The molecule has 4 fully saturated rings. The average Bonchev–Trinajstić information content (AvgIpc) is 3.17. The lowest BCUT2D eigenvalue weighted by molar-refractivity contribution is -0.161. The van der Waals surface area contributed by atoms with Crippen molar-refractivity contribution in [2.45, 2.75) is 25.9 Å². The summed E-state index contributed by atoms with van der Waals surface area (Å²) < 4.78 is 21.8. The molecule has 14 heteroatoms. The van der Waals surface area contributed by atoms with Crippen LogP contribution in [0.5, 0.6) is 11.6 Å². The van der Waals surface area contributed by atoms with Crippen molar-refractivity contribution >= 4 is 35.0 Å². The molecule has 2 amide bonds. The molecular weight excluding hydrogens is 779 g/mol. The number of benzene rings is 2. The smallest absolute Gasteiger partial charge is 0.224 e. The van der Waals surface area contributed by atoms with Crippen molar-refractivity contribution in [3.63, 3.8) is 0 Å². The Morgan fingerprint density at radius 3 is 1.83 bits per heavy atom. The van der Waals surface area contributed by atoms with Gasteiger partial charge in [-0.15, -0.1) is 0 Å². The highest BCUT2D eigenvalue weighted by Gasteiger charge is 2.53. The molecule has 0 radical (unpaired) electrons. The monoisotopic (exact) mass is 828 g/mol. The summed E-state index contributed by atoms with van der Waals surface area (Å²) in [5.74, 6) is 1.65. The van der Waals surface area contributed by atoms with E-state index in [1.165, 1.54) is 0 Å². The highest BCUT2D eigenvalue weighted by Crippen LogP contribution is 2.45. The fourth-order valence-corrected chi connectivity index (χ4v) is 9.86. The third kappa shape index (κ3) is 7.90. The van der Waals surface area contributed by atoms with Gasteiger partial charge in [0.1, 0.15) is 5.75 Å². The number of rotatable bonds is 15. The van der Waals surface area contributed by atoms with Gasteiger partial charge in [-0.1, -0.05) is 59.6 Å². The number of nitrogens with zero attached hydrogens (tertiary/aromatic N) is 6. The van der Waals surface area contributed by atoms with Gasteiger partial charge in [0.2, 0.25) is 17.7 Å². The normalized spacial score (nSPS) is 18.0. The Kier molecular flexibility index (Phi) is 11.7. The molecule has 0 atom stereocenters. The minimum atomic E-state index is 0.164. The first kappa shape index (κ1) is 40.5. The molecule has 4 aliphatic heterocycles. The molecule has 4 saturated heterocycles. The van der Waals surface area contributed by atoms with Crippen LogP contribution in [-0.4, -0.2) is 135 Å². The second kappa shape index (κ2) is 16.8. The highest BCUT2D eigenvalue weighted by atomic mass is 35.5. The fraction of sp³-hybridized carbons (Fsp3) is 0.455. The van der Waals surface area contributed by atoms with Gasteiger partial charge in [0.25, 0.3) is 0 Å². The van der Waals surface area contributed by atoms with Crippen LogP contribution < -0.4 is 9.47 Å². The van der Waals surface area contributed by atoms with Gasteiger partial charge in [-0.2, -0.15) is 0 Å². The van der Waals surface area contributed by atoms with E-state index < -0.39 is 0 Å². The van der Waals surface area contributed by atoms with Crippen molar-refractivity contribution in [3.8, 4) is 45.3 Å². The van der Waals surface area contributed by atoms with Crippen LogP contribution >= 0.6 is 23.2 Å². The van der Waals surface area contributed by atoms with Crippen molar-refractivity contribution in [2.75, 3.05) is 94.0 Å². The number of amides is 2. The third-order valence-electron chi connectivity index (χ3n) is 12.0. The van der Waals surface area contributed by atoms with Crippen LogP contribution in [0, 0.1) is 10.8 Å². The maximum Gasteiger partial charge on any atom is 0.224 e. The summed E-state index contributed by atoms with van der Waals surface area (Å²) in [5, 5.41) is 1.01. The lowest BCUT2D eigenvalue weighted by Gasteiger charge is -2.60. The average molecular weight is 830 g/mol. The lowest BCUT2D eigenvalue weighted by atomic mass is 9.72. The van der Waals surface area contributed by atoms with Crippen molar-refractivity contribution in [3.05, 3.63) is 82.0 Å². The minimum absolute atomic E-state index is 0.164. The van der Waals surface area contributed by atoms with Crippen LogP contribution in [0.25, 0.3) is 33.6 Å². The van der Waals surface area contributed by atoms with E-state index >= 15 is 0 Å². The molecule has 0 saturated carbocycles. The third-order valence-corrected chi connectivity index (χ3v) is 12.8. The van der Waals surface area contributed by atoms with E-state index in [-0.39, 0.29) is 22.6 Å². The lowest BCUT2D eigenvalue weighted by Crippen LogP contribution is -2.72. The Hall–Kier alpha value is -4.30. The van der Waals surface area contributed by atoms with Crippen molar-refractivity contribution in [2.24, 2.45) is 10.8 Å². The molecule has 2 spiro atoms. The fourth-order valence-electron chi connectivity index (χ4n) is 9.21. The highest BCUT2D eigenvalue weighted by molar-refractivity contribution is 6.39. The minimum Gasteiger partial charge on any atom is -0.496 e. The Bertz CT molecular complexity index is 2020. The van der Waals surface area contributed by atoms with Gasteiger partial charge >= 0.3 is 0 Å². The second-order valence-electron chi connectivity index (χ2n) is 16.4. The van der Waals surface area contributed by atoms with Crippen LogP contribution in [0.3, 0.4) is 0 Å². The number of methoxy groups -OCH3 is 4. The molecule has 0 unspecified atom stereocenters. The summed E-state index contributed by atoms with van der Waals surface area (Å²) in [7, 11) is 6.56. The molecule has 0 aliphatic carbocycles. The van der Waals surface area contributed by atoms with Gasteiger partial charge < -0.3 is 28.7 Å². The van der Waals surface area contributed by atoms with Crippen molar-refractivity contribution in [1.29, 1.82) is 0 Å². The number of pyridine rings is 2. The van der Waals surface area contributed by atoms with E-state index in [0.29, 0.717) is 59.9 Å². The summed E-state index contributed by atoms with van der Waals surface area (Å²) >= 11 is 14.3. The number of halogens is 2. The van der Waals surface area contributed by atoms with Crippen molar-refractivity contribution in [1.82, 2.24) is 29.6 Å². The first-order valence-electron chi connectivity index (χ1n) is 19.7. The Labute approximate surface area is 349 Å². The van der Waals surface area contributed by atoms with E-state index in [2.05, 4.69) is 26.9 Å². The standard InChI is InChI=1S/C44H50Cl2N6O6/c1-55-16-13-37(53)51-25-43(26-51)21-49(22-43)19-30-9-8-29(18-36(30)57-3)41-40(46)33(12-15-47-41)32-6-5-7-34(39(32)45)35-11-10-31(42(48-35)58-4)20-50-23-44(24-50)27-52(28-44)38(54)14-17-56-2/h5-12,15,18H,13-14,16-17,19-28H2,1-4H3. The predicted molar refractivity (Wildman–Crippen MR) is 223 cm³/mol. The van der Waals surface area contributed by atoms with E-state index in [9.17, 15) is 9.59 Å². The SMILES string of the molecule is COCCC(=O)N1CC2(CN(Cc3ccc(-c4nccc(-c5cccc(-c6ccc(CN7CC8(C7)CN(C(=O)CCOC)C8)c(OC)n6)c5Cl)c4Cl)cc3OC)C2)C1. The van der Waals surface area contributed by atoms with Gasteiger partial charge in [0, 0.05) is 130 Å². The maximum atomic E-state index is 12.3. The molecule has 58 heavy (non-hydrogen) atoms. The molecule has 0 bridgehead atoms. The topological polar surface area (TPSA) is 110 Å². The van der Waals surface area contributed by atoms with E-state index in [1.807, 2.05) is 52.3 Å². The van der Waals surface area contributed by atoms with E-state index in [4.69, 9.17) is 47.1 Å². The Morgan fingerprint density at radius 2 is 1.24 bits per heavy atom. The zero-order chi connectivity index (χ0) is 40.6. The first-order chi connectivity index (χ1) is 28.1. The quantitative estimate of drug-likeness (QED) is 0.138. The van der Waals surface area contributed by atoms with Crippen molar-refractivity contribution < 1.29 is 28.5 Å². The molecule has 2 aromatic carbocycles. The zero-order valence-corrected chi connectivity index (χ0v) is 35.1. The molecule has 6 heterocycles. The summed E-state index contributed by atoms with van der Waals surface area (Å²) in [4.78, 5) is 42.9.